The number of aromatic nitrogens is 3. The van der Waals surface area contributed by atoms with Crippen molar-refractivity contribution >= 4 is 5.97 Å². The number of rotatable bonds is 5. The van der Waals surface area contributed by atoms with E-state index in [1.165, 1.54) is 0 Å². The van der Waals surface area contributed by atoms with Crippen LogP contribution >= 0.6 is 0 Å². The molecule has 0 amide bonds. The third-order valence-electron chi connectivity index (χ3n) is 3.46. The van der Waals surface area contributed by atoms with Crippen molar-refractivity contribution in [3.63, 3.8) is 0 Å². The average molecular weight is 353 g/mol. The first-order chi connectivity index (χ1) is 12.7. The van der Waals surface area contributed by atoms with Crippen molar-refractivity contribution < 1.29 is 14.3 Å². The summed E-state index contributed by atoms with van der Waals surface area (Å²) in [6.07, 6.45) is 1.66. The molecule has 6 heteroatoms. The van der Waals surface area contributed by atoms with E-state index in [1.54, 1.807) is 19.2 Å². The summed E-state index contributed by atoms with van der Waals surface area (Å²) in [7, 11) is 0. The molecule has 0 unspecified atom stereocenters. The van der Waals surface area contributed by atoms with Crippen LogP contribution in [0, 0.1) is 6.92 Å². The molecular formula is C20H23N3O3. The van der Waals surface area contributed by atoms with Gasteiger partial charge in [0.25, 0.3) is 0 Å². The van der Waals surface area contributed by atoms with E-state index in [9.17, 15) is 4.79 Å². The molecule has 0 bridgehead atoms. The minimum Gasteiger partial charge on any atom is -0.461 e. The second-order valence-electron chi connectivity index (χ2n) is 5.09. The number of H-pyrrole nitrogens is 1. The van der Waals surface area contributed by atoms with Crippen molar-refractivity contribution in [2.75, 3.05) is 6.61 Å². The minimum absolute atomic E-state index is 0.319. The third kappa shape index (κ3) is 4.47. The molecule has 0 radical (unpaired) electrons. The van der Waals surface area contributed by atoms with E-state index < -0.39 is 5.97 Å². The Kier molecular flexibility index (Phi) is 6.91. The third-order valence-corrected chi connectivity index (χ3v) is 3.46. The SMILES string of the molecule is CC.CCOC(=O)c1[nH]nc(-c2ccc(Oc3ccccc3)nc2)c1C. The zero-order valence-electron chi connectivity index (χ0n) is 15.4. The van der Waals surface area contributed by atoms with E-state index in [0.29, 0.717) is 23.9 Å². The summed E-state index contributed by atoms with van der Waals surface area (Å²) in [6.45, 7) is 7.90. The van der Waals surface area contributed by atoms with Gasteiger partial charge >= 0.3 is 5.97 Å². The van der Waals surface area contributed by atoms with Gasteiger partial charge in [0.15, 0.2) is 0 Å². The van der Waals surface area contributed by atoms with E-state index in [0.717, 1.165) is 16.9 Å². The Morgan fingerprint density at radius 2 is 1.85 bits per heavy atom. The summed E-state index contributed by atoms with van der Waals surface area (Å²) in [5.41, 5.74) is 2.54. The van der Waals surface area contributed by atoms with Crippen molar-refractivity contribution in [1.29, 1.82) is 0 Å². The molecule has 0 spiro atoms. The number of nitrogens with zero attached hydrogens (tertiary/aromatic N) is 2. The van der Waals surface area contributed by atoms with Crippen molar-refractivity contribution in [1.82, 2.24) is 15.2 Å². The molecule has 0 aliphatic heterocycles. The van der Waals surface area contributed by atoms with Crippen molar-refractivity contribution in [2.24, 2.45) is 0 Å². The van der Waals surface area contributed by atoms with Crippen LogP contribution in [-0.4, -0.2) is 27.8 Å². The lowest BCUT2D eigenvalue weighted by Crippen LogP contribution is -2.06. The van der Waals surface area contributed by atoms with Crippen molar-refractivity contribution in [3.05, 3.63) is 59.9 Å². The Balaban J connectivity index is 0.00000117. The van der Waals surface area contributed by atoms with Gasteiger partial charge in [0, 0.05) is 23.4 Å². The Hall–Kier alpha value is -3.15. The molecular weight excluding hydrogens is 330 g/mol. The smallest absolute Gasteiger partial charge is 0.356 e. The summed E-state index contributed by atoms with van der Waals surface area (Å²) in [5, 5.41) is 6.92. The molecule has 26 heavy (non-hydrogen) atoms. The monoisotopic (exact) mass is 353 g/mol. The predicted molar refractivity (Wildman–Crippen MR) is 100 cm³/mol. The quantitative estimate of drug-likeness (QED) is 0.668. The highest BCUT2D eigenvalue weighted by atomic mass is 16.5. The first-order valence-electron chi connectivity index (χ1n) is 8.60. The number of carbonyl (C=O) groups is 1. The molecule has 0 aliphatic carbocycles. The van der Waals surface area contributed by atoms with Crippen LogP contribution in [0.1, 0.15) is 36.8 Å². The molecule has 1 aromatic carbocycles. The van der Waals surface area contributed by atoms with Gasteiger partial charge in [-0.05, 0) is 32.0 Å². The second kappa shape index (κ2) is 9.36. The largest absolute Gasteiger partial charge is 0.461 e. The summed E-state index contributed by atoms with van der Waals surface area (Å²) in [5.74, 6) is 0.799. The lowest BCUT2D eigenvalue weighted by molar-refractivity contribution is 0.0518. The van der Waals surface area contributed by atoms with Crippen LogP contribution in [0.2, 0.25) is 0 Å². The lowest BCUT2D eigenvalue weighted by atomic mass is 10.1. The van der Waals surface area contributed by atoms with Crippen LogP contribution in [0.4, 0.5) is 0 Å². The molecule has 6 nitrogen and oxygen atoms in total. The first kappa shape index (κ1) is 19.2. The van der Waals surface area contributed by atoms with E-state index in [2.05, 4.69) is 15.2 Å². The van der Waals surface area contributed by atoms with E-state index in [1.807, 2.05) is 57.2 Å². The number of hydrogen-bond donors (Lipinski definition) is 1. The van der Waals surface area contributed by atoms with Crippen LogP contribution in [0.3, 0.4) is 0 Å². The summed E-state index contributed by atoms with van der Waals surface area (Å²) < 4.78 is 10.7. The van der Waals surface area contributed by atoms with Crippen LogP contribution in [0.15, 0.2) is 48.7 Å². The van der Waals surface area contributed by atoms with Gasteiger partial charge in [-0.1, -0.05) is 32.0 Å². The normalized spacial score (nSPS) is 9.85. The highest BCUT2D eigenvalue weighted by Gasteiger charge is 2.18. The summed E-state index contributed by atoms with van der Waals surface area (Å²) >= 11 is 0. The standard InChI is InChI=1S/C18H17N3O3.C2H6/c1-3-23-18(22)17-12(2)16(20-21-17)13-9-10-15(19-11-13)24-14-7-5-4-6-8-14;1-2/h4-11H,3H2,1-2H3,(H,20,21);1-2H3. The van der Waals surface area contributed by atoms with Gasteiger partial charge in [0.2, 0.25) is 5.88 Å². The molecule has 3 aromatic rings. The molecule has 0 atom stereocenters. The lowest BCUT2D eigenvalue weighted by Gasteiger charge is -2.05. The Morgan fingerprint density at radius 3 is 2.46 bits per heavy atom. The number of carbonyl (C=O) groups excluding carboxylic acids is 1. The fourth-order valence-electron chi connectivity index (χ4n) is 2.27. The first-order valence-corrected chi connectivity index (χ1v) is 8.60. The van der Waals surface area contributed by atoms with E-state index in [4.69, 9.17) is 9.47 Å². The molecule has 2 heterocycles. The summed E-state index contributed by atoms with van der Waals surface area (Å²) in [6, 6.07) is 13.0. The molecule has 0 aliphatic rings. The van der Waals surface area contributed by atoms with Gasteiger partial charge in [-0.25, -0.2) is 9.78 Å². The van der Waals surface area contributed by atoms with Gasteiger partial charge in [-0.2, -0.15) is 5.10 Å². The molecule has 136 valence electrons. The zero-order chi connectivity index (χ0) is 18.9. The van der Waals surface area contributed by atoms with Gasteiger partial charge in [-0.15, -0.1) is 0 Å². The fourth-order valence-corrected chi connectivity index (χ4v) is 2.27. The highest BCUT2D eigenvalue weighted by Crippen LogP contribution is 2.25. The van der Waals surface area contributed by atoms with Gasteiger partial charge in [0.05, 0.1) is 12.3 Å². The zero-order valence-corrected chi connectivity index (χ0v) is 15.4. The number of ether oxygens (including phenoxy) is 2. The van der Waals surface area contributed by atoms with Crippen molar-refractivity contribution in [3.8, 4) is 22.9 Å². The van der Waals surface area contributed by atoms with E-state index >= 15 is 0 Å². The maximum atomic E-state index is 11.8. The number of aromatic amines is 1. The maximum absolute atomic E-state index is 11.8. The number of para-hydroxylation sites is 1. The molecule has 0 fully saturated rings. The molecule has 0 saturated carbocycles. The highest BCUT2D eigenvalue weighted by molar-refractivity contribution is 5.90. The maximum Gasteiger partial charge on any atom is 0.356 e. The topological polar surface area (TPSA) is 77.1 Å². The van der Waals surface area contributed by atoms with Crippen LogP contribution in [-0.2, 0) is 4.74 Å². The molecule has 1 N–H and O–H groups in total. The van der Waals surface area contributed by atoms with Gasteiger partial charge in [0.1, 0.15) is 11.4 Å². The number of benzene rings is 1. The van der Waals surface area contributed by atoms with Crippen LogP contribution in [0.5, 0.6) is 11.6 Å². The second-order valence-corrected chi connectivity index (χ2v) is 5.09. The predicted octanol–water partition coefficient (Wildman–Crippen LogP) is 4.78. The number of hydrogen-bond acceptors (Lipinski definition) is 5. The molecule has 3 rings (SSSR count). The minimum atomic E-state index is -0.411. The van der Waals surface area contributed by atoms with Gasteiger partial charge in [-0.3, -0.25) is 5.10 Å². The Labute approximate surface area is 153 Å². The van der Waals surface area contributed by atoms with Gasteiger partial charge < -0.3 is 9.47 Å². The molecule has 2 aromatic heterocycles. The Morgan fingerprint density at radius 1 is 1.12 bits per heavy atom. The summed E-state index contributed by atoms with van der Waals surface area (Å²) in [4.78, 5) is 16.1. The molecule has 0 saturated heterocycles. The van der Waals surface area contributed by atoms with Crippen LogP contribution < -0.4 is 4.74 Å². The number of nitrogens with one attached hydrogen (secondary N) is 1. The average Bonchev–Trinajstić information content (AvgIpc) is 3.07. The van der Waals surface area contributed by atoms with Crippen molar-refractivity contribution in [2.45, 2.75) is 27.7 Å². The van der Waals surface area contributed by atoms with Crippen LogP contribution in [0.25, 0.3) is 11.3 Å². The number of pyridine rings is 1. The number of esters is 1. The Bertz CT molecular complexity index is 827. The van der Waals surface area contributed by atoms with E-state index in [-0.39, 0.29) is 0 Å². The fraction of sp³-hybridized carbons (Fsp3) is 0.250.